The third-order valence-corrected chi connectivity index (χ3v) is 3.81. The topological polar surface area (TPSA) is 103 Å². The first-order valence-corrected chi connectivity index (χ1v) is 9.34. The van der Waals surface area contributed by atoms with Gasteiger partial charge in [-0.1, -0.05) is 44.1 Å². The molecule has 0 N–H and O–H groups in total. The Morgan fingerprint density at radius 3 is 2.11 bits per heavy atom. The zero-order chi connectivity index (χ0) is 20.3. The van der Waals surface area contributed by atoms with Crippen molar-refractivity contribution in [2.75, 3.05) is 0 Å². The minimum absolute atomic E-state index is 0.00458. The van der Waals surface area contributed by atoms with Crippen LogP contribution in [0.15, 0.2) is 47.9 Å². The fourth-order valence-electron chi connectivity index (χ4n) is 2.32. The standard InChI is InChI=1S/C20H29N2O5/c1-2-3-4-5-6-8-11-14-19(21(24)25)16-17-20(22(26)27)15-12-9-7-10-13-18-23/h3-4,6,8,14,17H,2,5,7,9-13,15-16H2,1H3/b4-3-,8-6-,19-14+,20-17+. The van der Waals surface area contributed by atoms with Gasteiger partial charge in [-0.3, -0.25) is 25.0 Å². The maximum absolute atomic E-state index is 11.1. The van der Waals surface area contributed by atoms with Gasteiger partial charge < -0.3 is 0 Å². The highest BCUT2D eigenvalue weighted by molar-refractivity contribution is 5.50. The molecule has 0 amide bonds. The quantitative estimate of drug-likeness (QED) is 0.154. The maximum atomic E-state index is 11.1. The molecule has 27 heavy (non-hydrogen) atoms. The lowest BCUT2D eigenvalue weighted by Crippen LogP contribution is -2.02. The number of nitrogens with zero attached hydrogens (tertiary/aromatic N) is 2. The van der Waals surface area contributed by atoms with Gasteiger partial charge in [0.1, 0.15) is 0 Å². The second-order valence-corrected chi connectivity index (χ2v) is 5.99. The molecule has 0 spiro atoms. The molecule has 0 fully saturated rings. The molecular formula is C20H29N2O5. The Hall–Kier alpha value is -2.57. The van der Waals surface area contributed by atoms with Crippen molar-refractivity contribution in [1.82, 2.24) is 0 Å². The number of allylic oxidation sites excluding steroid dienone is 7. The predicted octanol–water partition coefficient (Wildman–Crippen LogP) is 5.45. The van der Waals surface area contributed by atoms with Gasteiger partial charge in [-0.05, 0) is 44.3 Å². The second-order valence-electron chi connectivity index (χ2n) is 5.99. The smallest absolute Gasteiger partial charge is 0.246 e. The molecule has 0 aromatic heterocycles. The highest BCUT2D eigenvalue weighted by Crippen LogP contribution is 2.15. The summed E-state index contributed by atoms with van der Waals surface area (Å²) >= 11 is 0. The van der Waals surface area contributed by atoms with E-state index in [2.05, 4.69) is 0 Å². The van der Waals surface area contributed by atoms with Crippen LogP contribution in [0.4, 0.5) is 0 Å². The maximum Gasteiger partial charge on any atom is 0.246 e. The third-order valence-electron chi connectivity index (χ3n) is 3.81. The second kappa shape index (κ2) is 16.9. The Morgan fingerprint density at radius 1 is 0.852 bits per heavy atom. The molecule has 0 unspecified atom stereocenters. The van der Waals surface area contributed by atoms with Crippen molar-refractivity contribution >= 4 is 6.29 Å². The molecule has 0 aliphatic heterocycles. The average molecular weight is 377 g/mol. The van der Waals surface area contributed by atoms with E-state index in [4.69, 9.17) is 0 Å². The minimum Gasteiger partial charge on any atom is -0.291 e. The average Bonchev–Trinajstić information content (AvgIpc) is 2.63. The Labute approximate surface area is 160 Å². The molecule has 0 aromatic carbocycles. The van der Waals surface area contributed by atoms with E-state index < -0.39 is 9.85 Å². The lowest BCUT2D eigenvalue weighted by molar-refractivity contribution is -0.432. The van der Waals surface area contributed by atoms with Crippen LogP contribution in [0.2, 0.25) is 0 Å². The van der Waals surface area contributed by atoms with Gasteiger partial charge >= 0.3 is 0 Å². The van der Waals surface area contributed by atoms with E-state index in [9.17, 15) is 25.0 Å². The normalized spacial score (nSPS) is 12.8. The van der Waals surface area contributed by atoms with Crippen LogP contribution in [0, 0.1) is 20.2 Å². The number of carbonyl (C=O) groups excluding carboxylic acids is 1. The van der Waals surface area contributed by atoms with Crippen molar-refractivity contribution in [3.63, 3.8) is 0 Å². The van der Waals surface area contributed by atoms with Gasteiger partial charge in [-0.25, -0.2) is 0 Å². The fourth-order valence-corrected chi connectivity index (χ4v) is 2.32. The molecule has 0 heterocycles. The number of nitro groups is 2. The van der Waals surface area contributed by atoms with Crippen LogP contribution in [0.5, 0.6) is 0 Å². The lowest BCUT2D eigenvalue weighted by Gasteiger charge is -2.00. The molecule has 7 heteroatoms. The van der Waals surface area contributed by atoms with Gasteiger partial charge in [0.2, 0.25) is 11.4 Å². The summed E-state index contributed by atoms with van der Waals surface area (Å²) in [6.45, 7) is 2.05. The SMILES string of the molecule is CC/C=C\C/C=C\C/C=C(\C/C=C(\CCCCCC[C]=O)[N+](=O)[O-])[N+](=O)[O-]. The van der Waals surface area contributed by atoms with Gasteiger partial charge in [-0.15, -0.1) is 0 Å². The van der Waals surface area contributed by atoms with Crippen molar-refractivity contribution in [2.45, 2.75) is 71.1 Å². The zero-order valence-electron chi connectivity index (χ0n) is 16.0. The van der Waals surface area contributed by atoms with E-state index in [0.29, 0.717) is 19.3 Å². The summed E-state index contributed by atoms with van der Waals surface area (Å²) in [6.07, 6.45) is 18.2. The predicted molar refractivity (Wildman–Crippen MR) is 106 cm³/mol. The largest absolute Gasteiger partial charge is 0.291 e. The molecule has 7 nitrogen and oxygen atoms in total. The molecule has 0 saturated carbocycles. The van der Waals surface area contributed by atoms with Crippen LogP contribution < -0.4 is 0 Å². The number of rotatable bonds is 16. The monoisotopic (exact) mass is 377 g/mol. The van der Waals surface area contributed by atoms with Crippen molar-refractivity contribution < 1.29 is 14.6 Å². The van der Waals surface area contributed by atoms with Crippen LogP contribution in [0.1, 0.15) is 71.1 Å². The van der Waals surface area contributed by atoms with Crippen molar-refractivity contribution in [3.8, 4) is 0 Å². The molecule has 0 atom stereocenters. The molecule has 0 saturated heterocycles. The first-order chi connectivity index (χ1) is 13.0. The van der Waals surface area contributed by atoms with E-state index in [0.717, 1.165) is 32.1 Å². The lowest BCUT2D eigenvalue weighted by atomic mass is 10.1. The first kappa shape index (κ1) is 24.4. The molecule has 0 aromatic rings. The van der Waals surface area contributed by atoms with E-state index in [1.165, 1.54) is 12.2 Å². The van der Waals surface area contributed by atoms with Crippen molar-refractivity contribution in [3.05, 3.63) is 68.1 Å². The molecular weight excluding hydrogens is 348 g/mol. The van der Waals surface area contributed by atoms with Crippen LogP contribution >= 0.6 is 0 Å². The Balaban J connectivity index is 4.57. The molecule has 0 rings (SSSR count). The summed E-state index contributed by atoms with van der Waals surface area (Å²) in [4.78, 5) is 31.4. The van der Waals surface area contributed by atoms with Gasteiger partial charge in [-0.2, -0.15) is 0 Å². The number of hydrogen-bond donors (Lipinski definition) is 0. The summed E-state index contributed by atoms with van der Waals surface area (Å²) in [6, 6.07) is 0. The van der Waals surface area contributed by atoms with Gasteiger partial charge in [0.05, 0.1) is 16.3 Å². The van der Waals surface area contributed by atoms with Crippen LogP contribution in [0.3, 0.4) is 0 Å². The Kier molecular flexibility index (Phi) is 15.3. The van der Waals surface area contributed by atoms with Crippen LogP contribution in [-0.2, 0) is 4.79 Å². The van der Waals surface area contributed by atoms with Gasteiger partial charge in [0.15, 0.2) is 6.29 Å². The Morgan fingerprint density at radius 2 is 1.48 bits per heavy atom. The van der Waals surface area contributed by atoms with E-state index in [1.807, 2.05) is 37.5 Å². The van der Waals surface area contributed by atoms with E-state index in [-0.39, 0.29) is 24.2 Å². The summed E-state index contributed by atoms with van der Waals surface area (Å²) < 4.78 is 0. The minimum atomic E-state index is -0.491. The highest BCUT2D eigenvalue weighted by atomic mass is 16.6. The molecule has 1 radical (unpaired) electrons. The molecule has 0 aliphatic rings. The van der Waals surface area contributed by atoms with Gasteiger partial charge in [0.25, 0.3) is 0 Å². The zero-order valence-corrected chi connectivity index (χ0v) is 16.0. The fraction of sp³-hybridized carbons (Fsp3) is 0.550. The third kappa shape index (κ3) is 14.3. The van der Waals surface area contributed by atoms with E-state index in [1.54, 1.807) is 0 Å². The van der Waals surface area contributed by atoms with Crippen LogP contribution in [-0.4, -0.2) is 16.1 Å². The number of hydrogen-bond acceptors (Lipinski definition) is 5. The summed E-state index contributed by atoms with van der Waals surface area (Å²) in [5, 5.41) is 22.2. The highest BCUT2D eigenvalue weighted by Gasteiger charge is 2.14. The summed E-state index contributed by atoms with van der Waals surface area (Å²) in [7, 11) is 0. The summed E-state index contributed by atoms with van der Waals surface area (Å²) in [5.41, 5.74) is -0.0328. The molecule has 149 valence electrons. The van der Waals surface area contributed by atoms with Crippen molar-refractivity contribution in [1.29, 1.82) is 0 Å². The molecule has 0 aliphatic carbocycles. The summed E-state index contributed by atoms with van der Waals surface area (Å²) in [5.74, 6) is 0. The van der Waals surface area contributed by atoms with Crippen LogP contribution in [0.25, 0.3) is 0 Å². The first-order valence-electron chi connectivity index (χ1n) is 9.34. The molecule has 0 bridgehead atoms. The Bertz CT molecular complexity index is 577. The van der Waals surface area contributed by atoms with E-state index >= 15 is 0 Å². The van der Waals surface area contributed by atoms with Crippen molar-refractivity contribution in [2.24, 2.45) is 0 Å². The number of unbranched alkanes of at least 4 members (excludes halogenated alkanes) is 4. The van der Waals surface area contributed by atoms with Gasteiger partial charge in [0, 0.05) is 12.8 Å².